The first-order chi connectivity index (χ1) is 8.62. The van der Waals surface area contributed by atoms with E-state index in [1.165, 1.54) is 0 Å². The number of carbonyl (C=O) groups excluding carboxylic acids is 1. The van der Waals surface area contributed by atoms with Crippen molar-refractivity contribution in [2.75, 3.05) is 0 Å². The summed E-state index contributed by atoms with van der Waals surface area (Å²) in [6.45, 7) is 2.01. The van der Waals surface area contributed by atoms with Gasteiger partial charge in [0, 0.05) is 17.8 Å². The molecule has 1 aliphatic heterocycles. The Kier molecular flexibility index (Phi) is 3.58. The normalized spacial score (nSPS) is 24.9. The maximum Gasteiger partial charge on any atom is 0.323 e. The minimum absolute atomic E-state index is 0.269. The van der Waals surface area contributed by atoms with Crippen LogP contribution in [0.2, 0.25) is 0 Å². The second kappa shape index (κ2) is 4.99. The summed E-state index contributed by atoms with van der Waals surface area (Å²) in [7, 11) is 0. The molecule has 3 heteroatoms. The van der Waals surface area contributed by atoms with Crippen molar-refractivity contribution < 1.29 is 9.53 Å². The van der Waals surface area contributed by atoms with Gasteiger partial charge in [-0.3, -0.25) is 4.79 Å². The Bertz CT molecular complexity index is 537. The van der Waals surface area contributed by atoms with Crippen molar-refractivity contribution in [1.29, 1.82) is 0 Å². The summed E-state index contributed by atoms with van der Waals surface area (Å²) in [6.07, 6.45) is 6.27. The van der Waals surface area contributed by atoms with E-state index in [-0.39, 0.29) is 5.97 Å². The summed E-state index contributed by atoms with van der Waals surface area (Å²) in [5.41, 5.74) is 1.33. The number of cyclic esters (lactones) is 1. The number of carbonyl (C=O) groups is 1. The Morgan fingerprint density at radius 1 is 1.50 bits per heavy atom. The first kappa shape index (κ1) is 12.9. The topological polar surface area (TPSA) is 26.3 Å². The largest absolute Gasteiger partial charge is 0.430 e. The summed E-state index contributed by atoms with van der Waals surface area (Å²) in [5, 5.41) is 0. The minimum Gasteiger partial charge on any atom is -0.430 e. The van der Waals surface area contributed by atoms with E-state index in [2.05, 4.69) is 21.9 Å². The molecule has 0 N–H and O–H groups in total. The van der Waals surface area contributed by atoms with Crippen molar-refractivity contribution in [2.45, 2.75) is 25.2 Å². The molecule has 0 aromatic heterocycles. The molecule has 2 nitrogen and oxygen atoms in total. The molecular weight excluding hydrogens is 292 g/mol. The smallest absolute Gasteiger partial charge is 0.323 e. The zero-order chi connectivity index (χ0) is 13.2. The van der Waals surface area contributed by atoms with Gasteiger partial charge >= 0.3 is 5.97 Å². The average molecular weight is 305 g/mol. The zero-order valence-corrected chi connectivity index (χ0v) is 11.7. The lowest BCUT2D eigenvalue weighted by atomic mass is 9.76. The van der Waals surface area contributed by atoms with Gasteiger partial charge in [0.05, 0.1) is 0 Å². The molecule has 1 aromatic rings. The number of halogens is 1. The van der Waals surface area contributed by atoms with E-state index in [1.807, 2.05) is 31.2 Å². The highest BCUT2D eigenvalue weighted by molar-refractivity contribution is 9.11. The van der Waals surface area contributed by atoms with Gasteiger partial charge in [-0.2, -0.15) is 0 Å². The highest BCUT2D eigenvalue weighted by Gasteiger charge is 2.47. The van der Waals surface area contributed by atoms with Crippen molar-refractivity contribution >= 4 is 21.9 Å². The molecule has 0 radical (unpaired) electrons. The summed E-state index contributed by atoms with van der Waals surface area (Å²) < 4.78 is 5.24. The van der Waals surface area contributed by atoms with Crippen LogP contribution in [0.25, 0.3) is 0 Å². The fourth-order valence-electron chi connectivity index (χ4n) is 2.19. The second-order valence-corrected chi connectivity index (χ2v) is 4.93. The first-order valence-corrected chi connectivity index (χ1v) is 6.56. The second-order valence-electron chi connectivity index (χ2n) is 4.47. The van der Waals surface area contributed by atoms with E-state index in [0.29, 0.717) is 18.6 Å². The van der Waals surface area contributed by atoms with Crippen molar-refractivity contribution in [3.8, 4) is 12.3 Å². The standard InChI is InChI=1S/C15H13BrO2/c1-3-8-15(9-13(10-16)18-14(15)17)12-6-4-11(2)5-7-12/h1,4-7,10H,8-9H2,2H3/b13-10+/t15-/m1/s1. The number of allylic oxidation sites excluding steroid dienone is 1. The van der Waals surface area contributed by atoms with Gasteiger partial charge in [0.15, 0.2) is 0 Å². The predicted octanol–water partition coefficient (Wildman–Crippen LogP) is 3.44. The monoisotopic (exact) mass is 304 g/mol. The lowest BCUT2D eigenvalue weighted by Crippen LogP contribution is -2.31. The van der Waals surface area contributed by atoms with Gasteiger partial charge in [0.25, 0.3) is 0 Å². The molecule has 0 unspecified atom stereocenters. The van der Waals surface area contributed by atoms with Crippen LogP contribution in [-0.4, -0.2) is 5.97 Å². The van der Waals surface area contributed by atoms with E-state index in [0.717, 1.165) is 11.1 Å². The van der Waals surface area contributed by atoms with Crippen LogP contribution in [0.3, 0.4) is 0 Å². The summed E-state index contributed by atoms with van der Waals surface area (Å²) in [4.78, 5) is 13.8. The lowest BCUT2D eigenvalue weighted by Gasteiger charge is -2.22. The van der Waals surface area contributed by atoms with Crippen molar-refractivity contribution in [3.63, 3.8) is 0 Å². The van der Waals surface area contributed by atoms with Gasteiger partial charge in [0.1, 0.15) is 11.2 Å². The van der Waals surface area contributed by atoms with Crippen LogP contribution in [0.1, 0.15) is 24.0 Å². The predicted molar refractivity (Wildman–Crippen MR) is 74.0 cm³/mol. The molecule has 0 spiro atoms. The number of esters is 1. The number of terminal acetylenes is 1. The molecule has 0 amide bonds. The SMILES string of the molecule is C#CC[C@]1(c2ccc(C)cc2)C/C(=C\Br)OC1=O. The third-order valence-electron chi connectivity index (χ3n) is 3.22. The van der Waals surface area contributed by atoms with Crippen molar-refractivity contribution in [1.82, 2.24) is 0 Å². The zero-order valence-electron chi connectivity index (χ0n) is 10.1. The quantitative estimate of drug-likeness (QED) is 0.618. The van der Waals surface area contributed by atoms with Crippen LogP contribution in [0.4, 0.5) is 0 Å². The summed E-state index contributed by atoms with van der Waals surface area (Å²) in [5.74, 6) is 2.95. The molecule has 0 aliphatic carbocycles. The molecule has 0 saturated carbocycles. The Balaban J connectivity index is 2.49. The molecule has 1 fully saturated rings. The molecule has 1 atom stereocenters. The van der Waals surface area contributed by atoms with E-state index in [1.54, 1.807) is 4.99 Å². The molecule has 1 heterocycles. The number of rotatable bonds is 2. The first-order valence-electron chi connectivity index (χ1n) is 5.64. The molecule has 1 aromatic carbocycles. The van der Waals surface area contributed by atoms with E-state index in [4.69, 9.17) is 11.2 Å². The number of aryl methyl sites for hydroxylation is 1. The van der Waals surface area contributed by atoms with Crippen LogP contribution < -0.4 is 0 Å². The fourth-order valence-corrected chi connectivity index (χ4v) is 2.44. The minimum atomic E-state index is -0.734. The van der Waals surface area contributed by atoms with Crippen molar-refractivity contribution in [2.24, 2.45) is 0 Å². The Hall–Kier alpha value is -1.53. The molecule has 92 valence electrons. The number of hydrogen-bond donors (Lipinski definition) is 0. The van der Waals surface area contributed by atoms with Gasteiger partial charge in [-0.15, -0.1) is 12.3 Å². The van der Waals surface area contributed by atoms with Crippen LogP contribution in [0.15, 0.2) is 35.0 Å². The highest BCUT2D eigenvalue weighted by Crippen LogP contribution is 2.42. The van der Waals surface area contributed by atoms with Gasteiger partial charge in [-0.05, 0) is 12.5 Å². The Morgan fingerprint density at radius 3 is 2.67 bits per heavy atom. The van der Waals surface area contributed by atoms with Gasteiger partial charge < -0.3 is 4.74 Å². The van der Waals surface area contributed by atoms with Gasteiger partial charge in [-0.1, -0.05) is 45.8 Å². The molecule has 18 heavy (non-hydrogen) atoms. The fraction of sp³-hybridized carbons (Fsp3) is 0.267. The maximum absolute atomic E-state index is 12.2. The number of benzene rings is 1. The average Bonchev–Trinajstić information content (AvgIpc) is 2.69. The van der Waals surface area contributed by atoms with Crippen molar-refractivity contribution in [3.05, 3.63) is 46.1 Å². The van der Waals surface area contributed by atoms with Crippen LogP contribution >= 0.6 is 15.9 Å². The molecule has 1 saturated heterocycles. The number of ether oxygens (including phenoxy) is 1. The summed E-state index contributed by atoms with van der Waals surface area (Å²) >= 11 is 3.20. The maximum atomic E-state index is 12.2. The lowest BCUT2D eigenvalue weighted by molar-refractivity contribution is -0.140. The Morgan fingerprint density at radius 2 is 2.17 bits per heavy atom. The third-order valence-corrected chi connectivity index (χ3v) is 3.73. The summed E-state index contributed by atoms with van der Waals surface area (Å²) in [6, 6.07) is 7.86. The van der Waals surface area contributed by atoms with Gasteiger partial charge in [0.2, 0.25) is 0 Å². The van der Waals surface area contributed by atoms with Gasteiger partial charge in [-0.25, -0.2) is 0 Å². The molecule has 0 bridgehead atoms. The highest BCUT2D eigenvalue weighted by atomic mass is 79.9. The Labute approximate surface area is 115 Å². The van der Waals surface area contributed by atoms with Crippen LogP contribution in [0.5, 0.6) is 0 Å². The molecule has 1 aliphatic rings. The van der Waals surface area contributed by atoms with E-state index >= 15 is 0 Å². The van der Waals surface area contributed by atoms with E-state index < -0.39 is 5.41 Å². The van der Waals surface area contributed by atoms with E-state index in [9.17, 15) is 4.79 Å². The third kappa shape index (κ3) is 2.09. The molecule has 2 rings (SSSR count). The molecular formula is C15H13BrO2. The van der Waals surface area contributed by atoms with Crippen LogP contribution in [-0.2, 0) is 14.9 Å². The van der Waals surface area contributed by atoms with Crippen LogP contribution in [0, 0.1) is 19.3 Å². The number of hydrogen-bond acceptors (Lipinski definition) is 2.